The van der Waals surface area contributed by atoms with Crippen LogP contribution in [0.5, 0.6) is 0 Å². The van der Waals surface area contributed by atoms with Crippen molar-refractivity contribution < 1.29 is 9.53 Å². The van der Waals surface area contributed by atoms with Gasteiger partial charge in [-0.25, -0.2) is 0 Å². The van der Waals surface area contributed by atoms with Crippen LogP contribution in [0.1, 0.15) is 45.4 Å². The number of benzene rings is 1. The van der Waals surface area contributed by atoms with Gasteiger partial charge >= 0.3 is 0 Å². The van der Waals surface area contributed by atoms with Gasteiger partial charge in [0.2, 0.25) is 5.91 Å². The Labute approximate surface area is 127 Å². The maximum absolute atomic E-state index is 12.5. The van der Waals surface area contributed by atoms with Gasteiger partial charge < -0.3 is 15.4 Å². The quantitative estimate of drug-likeness (QED) is 0.817. The normalized spacial score (nSPS) is 18.4. The average molecular weight is 290 g/mol. The molecule has 1 heterocycles. The predicted molar refractivity (Wildman–Crippen MR) is 86.3 cm³/mol. The minimum atomic E-state index is 0.164. The van der Waals surface area contributed by atoms with Crippen molar-refractivity contribution in [1.29, 1.82) is 0 Å². The molecule has 2 rings (SSSR count). The smallest absolute Gasteiger partial charge is 0.227 e. The van der Waals surface area contributed by atoms with Crippen LogP contribution in [0.15, 0.2) is 24.3 Å². The molecule has 116 valence electrons. The second kappa shape index (κ2) is 8.03. The molecule has 0 aliphatic carbocycles. The Morgan fingerprint density at radius 1 is 1.43 bits per heavy atom. The van der Waals surface area contributed by atoms with E-state index < -0.39 is 0 Å². The second-order valence-corrected chi connectivity index (χ2v) is 5.67. The topological polar surface area (TPSA) is 55.6 Å². The predicted octanol–water partition coefficient (Wildman–Crippen LogP) is 3.36. The lowest BCUT2D eigenvalue weighted by Crippen LogP contribution is -2.32. The van der Waals surface area contributed by atoms with Crippen molar-refractivity contribution >= 4 is 17.3 Å². The number of hydrogen-bond acceptors (Lipinski definition) is 3. The van der Waals surface area contributed by atoms with Crippen LogP contribution in [-0.4, -0.2) is 25.2 Å². The monoisotopic (exact) mass is 290 g/mol. The average Bonchev–Trinajstić information content (AvgIpc) is 2.51. The highest BCUT2D eigenvalue weighted by Gasteiger charge is 2.19. The number of anilines is 2. The highest BCUT2D eigenvalue weighted by Crippen LogP contribution is 2.21. The molecule has 1 unspecified atom stereocenters. The molecule has 1 atom stereocenters. The Kier molecular flexibility index (Phi) is 6.05. The summed E-state index contributed by atoms with van der Waals surface area (Å²) in [5.41, 5.74) is 7.41. The van der Waals surface area contributed by atoms with Crippen molar-refractivity contribution in [3.05, 3.63) is 24.3 Å². The number of amides is 1. The Morgan fingerprint density at radius 3 is 2.95 bits per heavy atom. The molecule has 0 spiro atoms. The van der Waals surface area contributed by atoms with Crippen LogP contribution < -0.4 is 10.6 Å². The summed E-state index contributed by atoms with van der Waals surface area (Å²) in [5, 5.41) is 0. The van der Waals surface area contributed by atoms with Gasteiger partial charge in [0.25, 0.3) is 0 Å². The molecule has 0 bridgehead atoms. The summed E-state index contributed by atoms with van der Waals surface area (Å²) < 4.78 is 5.70. The minimum absolute atomic E-state index is 0.164. The molecule has 4 nitrogen and oxygen atoms in total. The van der Waals surface area contributed by atoms with Gasteiger partial charge in [-0.1, -0.05) is 13.0 Å². The number of hydrogen-bond donors (Lipinski definition) is 1. The van der Waals surface area contributed by atoms with Gasteiger partial charge in [-0.3, -0.25) is 4.79 Å². The van der Waals surface area contributed by atoms with Gasteiger partial charge in [-0.2, -0.15) is 0 Å². The summed E-state index contributed by atoms with van der Waals surface area (Å²) in [6, 6.07) is 7.55. The van der Waals surface area contributed by atoms with Crippen molar-refractivity contribution in [3.8, 4) is 0 Å². The largest absolute Gasteiger partial charge is 0.399 e. The van der Waals surface area contributed by atoms with Crippen molar-refractivity contribution in [3.63, 3.8) is 0 Å². The number of ether oxygens (including phenoxy) is 1. The molecule has 1 aliphatic heterocycles. The first kappa shape index (κ1) is 15.8. The summed E-state index contributed by atoms with van der Waals surface area (Å²) in [7, 11) is 0. The first-order valence-electron chi connectivity index (χ1n) is 7.98. The molecule has 1 aromatic carbocycles. The molecule has 4 heteroatoms. The van der Waals surface area contributed by atoms with Crippen molar-refractivity contribution in [2.45, 2.75) is 51.6 Å². The molecule has 1 aliphatic rings. The van der Waals surface area contributed by atoms with Crippen LogP contribution in [0.3, 0.4) is 0 Å². The molecular formula is C17H26N2O2. The molecule has 2 N–H and O–H groups in total. The van der Waals surface area contributed by atoms with E-state index in [4.69, 9.17) is 10.5 Å². The van der Waals surface area contributed by atoms with Crippen LogP contribution in [0.4, 0.5) is 11.4 Å². The zero-order valence-electron chi connectivity index (χ0n) is 12.9. The third-order valence-corrected chi connectivity index (χ3v) is 3.88. The Bertz CT molecular complexity index is 456. The Balaban J connectivity index is 1.95. The van der Waals surface area contributed by atoms with Gasteiger partial charge in [0, 0.05) is 30.9 Å². The fraction of sp³-hybridized carbons (Fsp3) is 0.588. The van der Waals surface area contributed by atoms with E-state index in [0.29, 0.717) is 12.1 Å². The zero-order valence-corrected chi connectivity index (χ0v) is 12.9. The van der Waals surface area contributed by atoms with E-state index in [1.165, 1.54) is 6.42 Å². The Hall–Kier alpha value is -1.55. The lowest BCUT2D eigenvalue weighted by molar-refractivity contribution is -0.119. The highest BCUT2D eigenvalue weighted by atomic mass is 16.5. The van der Waals surface area contributed by atoms with Gasteiger partial charge in [0.1, 0.15) is 0 Å². The molecule has 1 fully saturated rings. The molecule has 0 radical (unpaired) electrons. The fourth-order valence-electron chi connectivity index (χ4n) is 2.77. The maximum atomic E-state index is 12.5. The van der Waals surface area contributed by atoms with E-state index in [1.807, 2.05) is 29.2 Å². The van der Waals surface area contributed by atoms with Gasteiger partial charge in [0.05, 0.1) is 6.10 Å². The SMILES string of the molecule is CCCN(C(=O)CCC1CCCCO1)c1cccc(N)c1. The molecule has 1 aromatic rings. The first-order valence-corrected chi connectivity index (χ1v) is 7.98. The summed E-state index contributed by atoms with van der Waals surface area (Å²) in [6.07, 6.45) is 6.00. The van der Waals surface area contributed by atoms with Crippen LogP contribution in [-0.2, 0) is 9.53 Å². The van der Waals surface area contributed by atoms with E-state index >= 15 is 0 Å². The van der Waals surface area contributed by atoms with Crippen LogP contribution in [0.25, 0.3) is 0 Å². The lowest BCUT2D eigenvalue weighted by atomic mass is 10.0. The summed E-state index contributed by atoms with van der Waals surface area (Å²) in [6.45, 7) is 3.65. The number of rotatable bonds is 6. The van der Waals surface area contributed by atoms with Gasteiger partial charge in [-0.05, 0) is 50.3 Å². The molecule has 21 heavy (non-hydrogen) atoms. The van der Waals surface area contributed by atoms with E-state index in [-0.39, 0.29) is 12.0 Å². The number of nitrogens with zero attached hydrogens (tertiary/aromatic N) is 1. The van der Waals surface area contributed by atoms with Crippen LogP contribution in [0, 0.1) is 0 Å². The minimum Gasteiger partial charge on any atom is -0.399 e. The number of nitrogen functional groups attached to an aromatic ring is 1. The fourth-order valence-corrected chi connectivity index (χ4v) is 2.77. The Morgan fingerprint density at radius 2 is 2.29 bits per heavy atom. The number of nitrogens with two attached hydrogens (primary N) is 1. The molecule has 0 aromatic heterocycles. The van der Waals surface area contributed by atoms with Crippen LogP contribution in [0.2, 0.25) is 0 Å². The summed E-state index contributed by atoms with van der Waals surface area (Å²) >= 11 is 0. The lowest BCUT2D eigenvalue weighted by Gasteiger charge is -2.25. The maximum Gasteiger partial charge on any atom is 0.227 e. The third kappa shape index (κ3) is 4.74. The summed E-state index contributed by atoms with van der Waals surface area (Å²) in [4.78, 5) is 14.4. The zero-order chi connectivity index (χ0) is 15.1. The van der Waals surface area contributed by atoms with E-state index in [1.54, 1.807) is 0 Å². The highest BCUT2D eigenvalue weighted by molar-refractivity contribution is 5.93. The molecule has 1 saturated heterocycles. The third-order valence-electron chi connectivity index (χ3n) is 3.88. The van der Waals surface area contributed by atoms with E-state index in [0.717, 1.165) is 44.5 Å². The van der Waals surface area contributed by atoms with Crippen molar-refractivity contribution in [2.75, 3.05) is 23.8 Å². The number of carbonyl (C=O) groups is 1. The van der Waals surface area contributed by atoms with Gasteiger partial charge in [0.15, 0.2) is 0 Å². The molecular weight excluding hydrogens is 264 g/mol. The molecule has 0 saturated carbocycles. The van der Waals surface area contributed by atoms with Crippen molar-refractivity contribution in [2.24, 2.45) is 0 Å². The number of carbonyl (C=O) groups excluding carboxylic acids is 1. The standard InChI is InChI=1S/C17H26N2O2/c1-2-11-19(15-7-5-6-14(18)13-15)17(20)10-9-16-8-3-4-12-21-16/h5-7,13,16H,2-4,8-12,18H2,1H3. The van der Waals surface area contributed by atoms with E-state index in [2.05, 4.69) is 6.92 Å². The second-order valence-electron chi connectivity index (χ2n) is 5.67. The van der Waals surface area contributed by atoms with Crippen molar-refractivity contribution in [1.82, 2.24) is 0 Å². The van der Waals surface area contributed by atoms with Crippen LogP contribution >= 0.6 is 0 Å². The van der Waals surface area contributed by atoms with E-state index in [9.17, 15) is 4.79 Å². The van der Waals surface area contributed by atoms with Gasteiger partial charge in [-0.15, -0.1) is 0 Å². The first-order chi connectivity index (χ1) is 10.2. The summed E-state index contributed by atoms with van der Waals surface area (Å²) in [5.74, 6) is 0.164. The molecule has 1 amide bonds.